The molecule has 5 nitrogen and oxygen atoms in total. The fourth-order valence-electron chi connectivity index (χ4n) is 3.62. The van der Waals surface area contributed by atoms with Gasteiger partial charge in [-0.3, -0.25) is 14.0 Å². The molecule has 1 atom stereocenters. The molecule has 1 fully saturated rings. The fourth-order valence-corrected chi connectivity index (χ4v) is 3.62. The van der Waals surface area contributed by atoms with E-state index in [4.69, 9.17) is 0 Å². The molecule has 6 heteroatoms. The number of halogens is 1. The van der Waals surface area contributed by atoms with Crippen molar-refractivity contribution < 1.29 is 14.0 Å². The maximum atomic E-state index is 14.6. The lowest BCUT2D eigenvalue weighted by atomic mass is 9.90. The molecule has 4 rings (SSSR count). The van der Waals surface area contributed by atoms with Crippen molar-refractivity contribution >= 4 is 17.3 Å². The highest BCUT2D eigenvalue weighted by Gasteiger charge is 2.31. The van der Waals surface area contributed by atoms with E-state index in [-0.39, 0.29) is 17.4 Å². The second-order valence-corrected chi connectivity index (χ2v) is 6.90. The molecule has 1 aromatic carbocycles. The summed E-state index contributed by atoms with van der Waals surface area (Å²) >= 11 is 0. The molecule has 2 aromatic heterocycles. The molecule has 0 aliphatic carbocycles. The lowest BCUT2D eigenvalue weighted by Crippen LogP contribution is -2.43. The minimum Gasteiger partial charge on any atom is -0.336 e. The van der Waals surface area contributed by atoms with Gasteiger partial charge in [0.05, 0.1) is 0 Å². The zero-order valence-corrected chi connectivity index (χ0v) is 14.8. The Kier molecular flexibility index (Phi) is 4.71. The Morgan fingerprint density at radius 2 is 1.89 bits per heavy atom. The number of amides is 1. The standard InChI is InChI=1S/C21H20FN3O2/c22-20-19(23-18-10-4-5-12-25(18)20)21(27)24-11-6-9-16(14-24)17(26)13-15-7-2-1-3-8-15/h1-5,7-8,10,12,16H,6,9,11,13-14H2/t16-/m0/s1. The lowest BCUT2D eigenvalue weighted by Gasteiger charge is -2.31. The highest BCUT2D eigenvalue weighted by atomic mass is 19.1. The highest BCUT2D eigenvalue weighted by Crippen LogP contribution is 2.22. The van der Waals surface area contributed by atoms with Crippen LogP contribution >= 0.6 is 0 Å². The summed E-state index contributed by atoms with van der Waals surface area (Å²) in [5.74, 6) is -1.21. The van der Waals surface area contributed by atoms with Gasteiger partial charge in [-0.15, -0.1) is 0 Å². The predicted molar refractivity (Wildman–Crippen MR) is 98.9 cm³/mol. The van der Waals surface area contributed by atoms with Crippen LogP contribution in [0.5, 0.6) is 0 Å². The molecule has 0 bridgehead atoms. The molecule has 27 heavy (non-hydrogen) atoms. The molecule has 3 aromatic rings. The average Bonchev–Trinajstić information content (AvgIpc) is 3.05. The smallest absolute Gasteiger partial charge is 0.277 e. The number of nitrogens with zero attached hydrogens (tertiary/aromatic N) is 3. The molecular weight excluding hydrogens is 345 g/mol. The van der Waals surface area contributed by atoms with Gasteiger partial charge in [0.2, 0.25) is 5.95 Å². The number of ketones is 1. The SMILES string of the molecule is O=C(Cc1ccccc1)[C@H]1CCCN(C(=O)c2nc3ccccn3c2F)C1. The van der Waals surface area contributed by atoms with E-state index in [1.807, 2.05) is 30.3 Å². The molecule has 1 saturated heterocycles. The number of fused-ring (bicyclic) bond motifs is 1. The summed E-state index contributed by atoms with van der Waals surface area (Å²) < 4.78 is 15.8. The summed E-state index contributed by atoms with van der Waals surface area (Å²) in [6, 6.07) is 14.7. The van der Waals surface area contributed by atoms with Crippen LogP contribution < -0.4 is 0 Å². The van der Waals surface area contributed by atoms with Gasteiger partial charge in [-0.1, -0.05) is 36.4 Å². The number of pyridine rings is 1. The third-order valence-corrected chi connectivity index (χ3v) is 5.06. The topological polar surface area (TPSA) is 54.7 Å². The van der Waals surface area contributed by atoms with Crippen molar-refractivity contribution in [2.45, 2.75) is 19.3 Å². The Labute approximate surface area is 156 Å². The maximum Gasteiger partial charge on any atom is 0.277 e. The van der Waals surface area contributed by atoms with Crippen LogP contribution in [-0.2, 0) is 11.2 Å². The van der Waals surface area contributed by atoms with Crippen molar-refractivity contribution in [1.29, 1.82) is 0 Å². The number of likely N-dealkylation sites (tertiary alicyclic amines) is 1. The van der Waals surface area contributed by atoms with E-state index in [2.05, 4.69) is 4.98 Å². The number of carbonyl (C=O) groups excluding carboxylic acids is 2. The number of benzene rings is 1. The molecule has 3 heterocycles. The molecule has 138 valence electrons. The number of piperidine rings is 1. The van der Waals surface area contributed by atoms with Gasteiger partial charge in [0.15, 0.2) is 5.69 Å². The number of imidazole rings is 1. The predicted octanol–water partition coefficient (Wildman–Crippen LogP) is 3.14. The molecule has 1 aliphatic heterocycles. The number of hydrogen-bond donors (Lipinski definition) is 0. The second kappa shape index (κ2) is 7.31. The van der Waals surface area contributed by atoms with Crippen LogP contribution in [0.3, 0.4) is 0 Å². The van der Waals surface area contributed by atoms with Gasteiger partial charge < -0.3 is 4.90 Å². The summed E-state index contributed by atoms with van der Waals surface area (Å²) in [7, 11) is 0. The summed E-state index contributed by atoms with van der Waals surface area (Å²) in [5, 5.41) is 0. The number of carbonyl (C=O) groups is 2. The Hall–Kier alpha value is -3.02. The molecular formula is C21H20FN3O2. The highest BCUT2D eigenvalue weighted by molar-refractivity contribution is 5.94. The van der Waals surface area contributed by atoms with Crippen molar-refractivity contribution in [3.05, 3.63) is 71.9 Å². The van der Waals surface area contributed by atoms with Crippen LogP contribution in [0.4, 0.5) is 4.39 Å². The zero-order valence-electron chi connectivity index (χ0n) is 14.8. The van der Waals surface area contributed by atoms with E-state index in [1.54, 1.807) is 23.1 Å². The van der Waals surface area contributed by atoms with E-state index in [1.165, 1.54) is 10.6 Å². The van der Waals surface area contributed by atoms with Crippen molar-refractivity contribution in [2.75, 3.05) is 13.1 Å². The van der Waals surface area contributed by atoms with E-state index < -0.39 is 11.9 Å². The Morgan fingerprint density at radius 1 is 1.11 bits per heavy atom. The number of Topliss-reactive ketones (excluding diaryl/α,β-unsaturated/α-hetero) is 1. The van der Waals surface area contributed by atoms with E-state index in [0.29, 0.717) is 25.2 Å². The van der Waals surface area contributed by atoms with E-state index >= 15 is 0 Å². The van der Waals surface area contributed by atoms with Crippen LogP contribution in [0.2, 0.25) is 0 Å². The van der Waals surface area contributed by atoms with Crippen LogP contribution in [0.1, 0.15) is 28.9 Å². The second-order valence-electron chi connectivity index (χ2n) is 6.90. The number of rotatable bonds is 4. The molecule has 0 radical (unpaired) electrons. The van der Waals surface area contributed by atoms with Crippen molar-refractivity contribution in [3.63, 3.8) is 0 Å². The minimum absolute atomic E-state index is 0.120. The van der Waals surface area contributed by atoms with Crippen LogP contribution in [0, 0.1) is 11.9 Å². The van der Waals surface area contributed by atoms with Gasteiger partial charge in [-0.05, 0) is 30.5 Å². The Morgan fingerprint density at radius 3 is 2.67 bits per heavy atom. The first kappa shape index (κ1) is 17.4. The summed E-state index contributed by atoms with van der Waals surface area (Å²) in [5.41, 5.74) is 1.18. The van der Waals surface area contributed by atoms with Gasteiger partial charge >= 0.3 is 0 Å². The van der Waals surface area contributed by atoms with Gasteiger partial charge in [0, 0.05) is 31.6 Å². The first-order valence-corrected chi connectivity index (χ1v) is 9.12. The number of aromatic nitrogens is 2. The molecule has 0 N–H and O–H groups in total. The average molecular weight is 365 g/mol. The van der Waals surface area contributed by atoms with Gasteiger partial charge in [0.1, 0.15) is 11.4 Å². The van der Waals surface area contributed by atoms with Crippen molar-refractivity contribution in [2.24, 2.45) is 5.92 Å². The normalized spacial score (nSPS) is 17.2. The Balaban J connectivity index is 1.49. The first-order chi connectivity index (χ1) is 13.1. The summed E-state index contributed by atoms with van der Waals surface area (Å²) in [4.78, 5) is 31.2. The lowest BCUT2D eigenvalue weighted by molar-refractivity contribution is -0.123. The van der Waals surface area contributed by atoms with Crippen molar-refractivity contribution in [3.8, 4) is 0 Å². The van der Waals surface area contributed by atoms with Gasteiger partial charge in [0.25, 0.3) is 5.91 Å². The molecule has 0 spiro atoms. The summed E-state index contributed by atoms with van der Waals surface area (Å²) in [6.07, 6.45) is 3.38. The molecule has 0 saturated carbocycles. The van der Waals surface area contributed by atoms with Crippen LogP contribution in [0.15, 0.2) is 54.7 Å². The molecule has 1 amide bonds. The van der Waals surface area contributed by atoms with Crippen molar-refractivity contribution in [1.82, 2.24) is 14.3 Å². The van der Waals surface area contributed by atoms with E-state index in [0.717, 1.165) is 18.4 Å². The van der Waals surface area contributed by atoms with Crippen LogP contribution in [0.25, 0.3) is 5.65 Å². The molecule has 0 unspecified atom stereocenters. The zero-order chi connectivity index (χ0) is 18.8. The quantitative estimate of drug-likeness (QED) is 0.714. The van der Waals surface area contributed by atoms with E-state index in [9.17, 15) is 14.0 Å². The largest absolute Gasteiger partial charge is 0.336 e. The van der Waals surface area contributed by atoms with Gasteiger partial charge in [-0.2, -0.15) is 4.39 Å². The number of hydrogen-bond acceptors (Lipinski definition) is 3. The van der Waals surface area contributed by atoms with Gasteiger partial charge in [-0.25, -0.2) is 4.98 Å². The maximum absolute atomic E-state index is 14.6. The first-order valence-electron chi connectivity index (χ1n) is 9.12. The monoisotopic (exact) mass is 365 g/mol. The van der Waals surface area contributed by atoms with Crippen LogP contribution in [-0.4, -0.2) is 39.1 Å². The summed E-state index contributed by atoms with van der Waals surface area (Å²) in [6.45, 7) is 0.832. The molecule has 1 aliphatic rings. The third kappa shape index (κ3) is 3.47. The fraction of sp³-hybridized carbons (Fsp3) is 0.286. The minimum atomic E-state index is -0.659. The Bertz CT molecular complexity index is 984. The third-order valence-electron chi connectivity index (χ3n) is 5.06.